The molecule has 0 amide bonds. The Labute approximate surface area is 121 Å². The van der Waals surface area contributed by atoms with Gasteiger partial charge in [0.25, 0.3) is 0 Å². The third kappa shape index (κ3) is 2.88. The van der Waals surface area contributed by atoms with E-state index in [2.05, 4.69) is 4.98 Å². The molecular weight excluding hydrogens is 292 g/mol. The number of benzene rings is 1. The van der Waals surface area contributed by atoms with Crippen molar-refractivity contribution < 1.29 is 17.4 Å². The van der Waals surface area contributed by atoms with Gasteiger partial charge in [-0.2, -0.15) is 8.42 Å². The van der Waals surface area contributed by atoms with Gasteiger partial charge in [-0.05, 0) is 24.3 Å². The van der Waals surface area contributed by atoms with Gasteiger partial charge in [-0.15, -0.1) is 0 Å². The first-order valence-corrected chi connectivity index (χ1v) is 7.56. The Morgan fingerprint density at radius 1 is 1.19 bits per heavy atom. The van der Waals surface area contributed by atoms with Crippen LogP contribution < -0.4 is 4.31 Å². The van der Waals surface area contributed by atoms with Crippen LogP contribution in [0.2, 0.25) is 0 Å². The summed E-state index contributed by atoms with van der Waals surface area (Å²) in [4.78, 5) is 3.86. The highest BCUT2D eigenvalue weighted by molar-refractivity contribution is 7.87. The van der Waals surface area contributed by atoms with Crippen LogP contribution in [0, 0.1) is 0 Å². The summed E-state index contributed by atoms with van der Waals surface area (Å²) in [7, 11) is -4.42. The summed E-state index contributed by atoms with van der Waals surface area (Å²) >= 11 is 0. The zero-order valence-electron chi connectivity index (χ0n) is 10.9. The van der Waals surface area contributed by atoms with Gasteiger partial charge < -0.3 is 4.42 Å². The fraction of sp³-hybridized carbons (Fsp3) is 0.0714. The van der Waals surface area contributed by atoms with Gasteiger partial charge in [0, 0.05) is 11.6 Å². The minimum absolute atomic E-state index is 0.112. The average Bonchev–Trinajstić information content (AvgIpc) is 2.87. The first kappa shape index (κ1) is 13.6. The molecule has 0 atom stereocenters. The lowest BCUT2D eigenvalue weighted by Gasteiger charge is -2.18. The highest BCUT2D eigenvalue weighted by Gasteiger charge is 2.21. The normalized spacial score (nSPS) is 11.7. The molecule has 0 radical (unpaired) electrons. The van der Waals surface area contributed by atoms with Crippen LogP contribution in [0.15, 0.2) is 59.3 Å². The molecule has 1 aromatic carbocycles. The zero-order valence-corrected chi connectivity index (χ0v) is 11.7. The predicted octanol–water partition coefficient (Wildman–Crippen LogP) is 2.64. The number of para-hydroxylation sites is 1. The van der Waals surface area contributed by atoms with Gasteiger partial charge in [-0.25, -0.2) is 4.31 Å². The Morgan fingerprint density at radius 2 is 2.00 bits per heavy atom. The molecule has 21 heavy (non-hydrogen) atoms. The van der Waals surface area contributed by atoms with Crippen molar-refractivity contribution in [2.45, 2.75) is 6.54 Å². The quantitative estimate of drug-likeness (QED) is 0.749. The molecule has 0 saturated carbocycles. The highest BCUT2D eigenvalue weighted by Crippen LogP contribution is 2.23. The third-order valence-corrected chi connectivity index (χ3v) is 3.89. The molecule has 108 valence electrons. The van der Waals surface area contributed by atoms with Gasteiger partial charge >= 0.3 is 10.3 Å². The Hall–Kier alpha value is -2.38. The zero-order chi connectivity index (χ0) is 14.9. The van der Waals surface area contributed by atoms with E-state index in [0.717, 1.165) is 9.69 Å². The van der Waals surface area contributed by atoms with Crippen molar-refractivity contribution in [2.24, 2.45) is 0 Å². The van der Waals surface area contributed by atoms with Gasteiger partial charge in [0.2, 0.25) is 0 Å². The number of hydrogen-bond donors (Lipinski definition) is 1. The van der Waals surface area contributed by atoms with E-state index >= 15 is 0 Å². The van der Waals surface area contributed by atoms with E-state index in [1.54, 1.807) is 24.3 Å². The van der Waals surface area contributed by atoms with Crippen LogP contribution in [0.25, 0.3) is 11.0 Å². The van der Waals surface area contributed by atoms with Crippen molar-refractivity contribution >= 4 is 27.0 Å². The van der Waals surface area contributed by atoms with Gasteiger partial charge in [-0.1, -0.05) is 18.2 Å². The molecule has 2 aromatic heterocycles. The number of fused-ring (bicyclic) bond motifs is 1. The average molecular weight is 304 g/mol. The monoisotopic (exact) mass is 304 g/mol. The Kier molecular flexibility index (Phi) is 3.36. The van der Waals surface area contributed by atoms with Crippen molar-refractivity contribution in [1.82, 2.24) is 4.98 Å². The summed E-state index contributed by atoms with van der Waals surface area (Å²) in [5.41, 5.74) is 0.925. The second-order valence-electron chi connectivity index (χ2n) is 4.45. The highest BCUT2D eigenvalue weighted by atomic mass is 32.2. The molecule has 1 N–H and O–H groups in total. The standard InChI is InChI=1S/C14H12N2O4S/c17-21(18,19)16(12-5-3-7-15-9-12)10-13-8-11-4-1-2-6-14(11)20-13/h1-9H,10H2,(H,17,18,19). The largest absolute Gasteiger partial charge is 0.459 e. The Morgan fingerprint density at radius 3 is 2.67 bits per heavy atom. The molecule has 0 bridgehead atoms. The number of anilines is 1. The molecule has 0 spiro atoms. The molecule has 0 aliphatic carbocycles. The molecular formula is C14H12N2O4S. The first-order chi connectivity index (χ1) is 10.0. The van der Waals surface area contributed by atoms with Crippen molar-refractivity contribution in [3.8, 4) is 0 Å². The predicted molar refractivity (Wildman–Crippen MR) is 78.2 cm³/mol. The van der Waals surface area contributed by atoms with E-state index in [1.165, 1.54) is 12.4 Å². The molecule has 0 saturated heterocycles. The molecule has 7 heteroatoms. The molecule has 0 unspecified atom stereocenters. The Balaban J connectivity index is 1.99. The smallest absolute Gasteiger partial charge is 0.360 e. The molecule has 0 aliphatic heterocycles. The maximum Gasteiger partial charge on any atom is 0.360 e. The fourth-order valence-corrected chi connectivity index (χ4v) is 2.73. The van der Waals surface area contributed by atoms with E-state index in [4.69, 9.17) is 4.42 Å². The van der Waals surface area contributed by atoms with Crippen LogP contribution in [-0.2, 0) is 16.8 Å². The van der Waals surface area contributed by atoms with E-state index in [1.807, 2.05) is 18.2 Å². The summed E-state index contributed by atoms with van der Waals surface area (Å²) in [6, 6.07) is 12.2. The molecule has 2 heterocycles. The van der Waals surface area contributed by atoms with Crippen molar-refractivity contribution in [3.63, 3.8) is 0 Å². The van der Waals surface area contributed by atoms with Crippen LogP contribution >= 0.6 is 0 Å². The number of aromatic nitrogens is 1. The number of nitrogens with zero attached hydrogens (tertiary/aromatic N) is 2. The van der Waals surface area contributed by atoms with Gasteiger partial charge in [-0.3, -0.25) is 9.54 Å². The summed E-state index contributed by atoms with van der Waals surface area (Å²) < 4.78 is 38.9. The molecule has 3 aromatic rings. The second kappa shape index (κ2) is 5.19. The van der Waals surface area contributed by atoms with Crippen LogP contribution in [0.3, 0.4) is 0 Å². The molecule has 0 aliphatic rings. The fourth-order valence-electron chi connectivity index (χ4n) is 2.06. The lowest BCUT2D eigenvalue weighted by atomic mass is 10.2. The number of pyridine rings is 1. The number of furan rings is 1. The Bertz CT molecular complexity index is 826. The van der Waals surface area contributed by atoms with E-state index in [9.17, 15) is 13.0 Å². The number of rotatable bonds is 4. The minimum atomic E-state index is -4.42. The second-order valence-corrected chi connectivity index (χ2v) is 5.78. The van der Waals surface area contributed by atoms with Crippen LogP contribution in [-0.4, -0.2) is 18.0 Å². The maximum absolute atomic E-state index is 11.6. The summed E-state index contributed by atoms with van der Waals surface area (Å²) in [5, 5.41) is 0.869. The third-order valence-electron chi connectivity index (χ3n) is 2.99. The van der Waals surface area contributed by atoms with Crippen LogP contribution in [0.5, 0.6) is 0 Å². The van der Waals surface area contributed by atoms with Crippen LogP contribution in [0.1, 0.15) is 5.76 Å². The molecule has 0 fully saturated rings. The minimum Gasteiger partial charge on any atom is -0.459 e. The first-order valence-electron chi connectivity index (χ1n) is 6.17. The van der Waals surface area contributed by atoms with Crippen molar-refractivity contribution in [3.05, 3.63) is 60.6 Å². The SMILES string of the molecule is O=S(=O)(O)N(Cc1cc2ccccc2o1)c1cccnc1. The van der Waals surface area contributed by atoms with E-state index in [-0.39, 0.29) is 12.2 Å². The lowest BCUT2D eigenvalue weighted by molar-refractivity contribution is 0.471. The molecule has 6 nitrogen and oxygen atoms in total. The van der Waals surface area contributed by atoms with E-state index < -0.39 is 10.3 Å². The van der Waals surface area contributed by atoms with Gasteiger partial charge in [0.1, 0.15) is 11.3 Å². The van der Waals surface area contributed by atoms with Gasteiger partial charge in [0.15, 0.2) is 0 Å². The summed E-state index contributed by atoms with van der Waals surface area (Å²) in [6.07, 6.45) is 2.88. The van der Waals surface area contributed by atoms with E-state index in [0.29, 0.717) is 11.3 Å². The lowest BCUT2D eigenvalue weighted by Crippen LogP contribution is -2.29. The van der Waals surface area contributed by atoms with Crippen molar-refractivity contribution in [2.75, 3.05) is 4.31 Å². The number of hydrogen-bond acceptors (Lipinski definition) is 4. The van der Waals surface area contributed by atoms with Crippen molar-refractivity contribution in [1.29, 1.82) is 0 Å². The van der Waals surface area contributed by atoms with Crippen LogP contribution in [0.4, 0.5) is 5.69 Å². The maximum atomic E-state index is 11.6. The van der Waals surface area contributed by atoms with Gasteiger partial charge in [0.05, 0.1) is 18.4 Å². The topological polar surface area (TPSA) is 83.6 Å². The molecule has 3 rings (SSSR count). The summed E-state index contributed by atoms with van der Waals surface area (Å²) in [5.74, 6) is 0.428. The summed E-state index contributed by atoms with van der Waals surface area (Å²) in [6.45, 7) is -0.112.